The van der Waals surface area contributed by atoms with E-state index >= 15 is 0 Å². The van der Waals surface area contributed by atoms with Crippen LogP contribution in [0.5, 0.6) is 0 Å². The monoisotopic (exact) mass is 253 g/mol. The van der Waals surface area contributed by atoms with E-state index in [2.05, 4.69) is 47.2 Å². The fourth-order valence-electron chi connectivity index (χ4n) is 2.68. The number of nitrogens with one attached hydrogen (secondary N) is 2. The van der Waals surface area contributed by atoms with Crippen molar-refractivity contribution in [2.24, 2.45) is 5.73 Å². The van der Waals surface area contributed by atoms with Gasteiger partial charge >= 0.3 is 0 Å². The van der Waals surface area contributed by atoms with Gasteiger partial charge < -0.3 is 15.7 Å². The summed E-state index contributed by atoms with van der Waals surface area (Å²) in [6, 6.07) is 10.5. The van der Waals surface area contributed by atoms with Gasteiger partial charge in [0.1, 0.15) is 0 Å². The summed E-state index contributed by atoms with van der Waals surface area (Å²) in [7, 11) is 0. The van der Waals surface area contributed by atoms with Crippen LogP contribution < -0.4 is 5.73 Å². The highest BCUT2D eigenvalue weighted by Crippen LogP contribution is 2.26. The smallest absolute Gasteiger partial charge is 0.0458 e. The molecule has 0 saturated carbocycles. The van der Waals surface area contributed by atoms with Crippen molar-refractivity contribution in [1.82, 2.24) is 9.97 Å². The first-order valence-electron chi connectivity index (χ1n) is 6.62. The lowest BCUT2D eigenvalue weighted by atomic mass is 9.99. The zero-order valence-corrected chi connectivity index (χ0v) is 11.3. The van der Waals surface area contributed by atoms with E-state index in [1.54, 1.807) is 0 Å². The zero-order chi connectivity index (χ0) is 13.4. The number of hydrogen-bond donors (Lipinski definition) is 3. The number of rotatable bonds is 3. The van der Waals surface area contributed by atoms with Gasteiger partial charge in [-0.3, -0.25) is 0 Å². The van der Waals surface area contributed by atoms with Gasteiger partial charge in [0.05, 0.1) is 0 Å². The molecule has 1 aromatic carbocycles. The molecule has 0 aliphatic rings. The molecule has 1 atom stereocenters. The van der Waals surface area contributed by atoms with Crippen molar-refractivity contribution < 1.29 is 0 Å². The summed E-state index contributed by atoms with van der Waals surface area (Å²) in [4.78, 5) is 6.62. The first kappa shape index (κ1) is 12.1. The second-order valence-corrected chi connectivity index (χ2v) is 5.20. The minimum Gasteiger partial charge on any atom is -0.365 e. The summed E-state index contributed by atoms with van der Waals surface area (Å²) < 4.78 is 0. The lowest BCUT2D eigenvalue weighted by Crippen LogP contribution is -2.12. The van der Waals surface area contributed by atoms with Crippen molar-refractivity contribution in [3.05, 3.63) is 59.0 Å². The first-order valence-corrected chi connectivity index (χ1v) is 6.62. The van der Waals surface area contributed by atoms with Crippen LogP contribution in [0.15, 0.2) is 36.5 Å². The van der Waals surface area contributed by atoms with Gasteiger partial charge in [-0.25, -0.2) is 0 Å². The van der Waals surface area contributed by atoms with Crippen molar-refractivity contribution in [2.45, 2.75) is 26.3 Å². The van der Waals surface area contributed by atoms with Gasteiger partial charge in [-0.15, -0.1) is 0 Å². The van der Waals surface area contributed by atoms with Gasteiger partial charge in [-0.1, -0.05) is 18.2 Å². The quantitative estimate of drug-likeness (QED) is 0.658. The molecule has 0 spiro atoms. The van der Waals surface area contributed by atoms with Gasteiger partial charge in [-0.05, 0) is 43.5 Å². The van der Waals surface area contributed by atoms with Crippen molar-refractivity contribution in [3.63, 3.8) is 0 Å². The van der Waals surface area contributed by atoms with Gasteiger partial charge in [-0.2, -0.15) is 0 Å². The highest BCUT2D eigenvalue weighted by atomic mass is 14.7. The normalized spacial score (nSPS) is 13.0. The van der Waals surface area contributed by atoms with Crippen LogP contribution in [0, 0.1) is 13.8 Å². The Morgan fingerprint density at radius 1 is 1.21 bits per heavy atom. The van der Waals surface area contributed by atoms with E-state index < -0.39 is 0 Å². The maximum absolute atomic E-state index is 6.33. The molecule has 3 rings (SSSR count). The van der Waals surface area contributed by atoms with E-state index in [-0.39, 0.29) is 6.04 Å². The Bertz CT molecular complexity index is 706. The summed E-state index contributed by atoms with van der Waals surface area (Å²) in [5.74, 6) is 0. The van der Waals surface area contributed by atoms with Crippen LogP contribution in [0.3, 0.4) is 0 Å². The molecule has 0 bridgehead atoms. The maximum atomic E-state index is 6.33. The van der Waals surface area contributed by atoms with E-state index in [0.29, 0.717) is 0 Å². The first-order chi connectivity index (χ1) is 9.15. The summed E-state index contributed by atoms with van der Waals surface area (Å²) in [6.07, 6.45) is 2.86. The molecule has 0 fully saturated rings. The van der Waals surface area contributed by atoms with Gasteiger partial charge in [0, 0.05) is 34.5 Å². The average Bonchev–Trinajstić information content (AvgIpc) is 2.95. The highest BCUT2D eigenvalue weighted by molar-refractivity contribution is 5.84. The number of H-pyrrole nitrogens is 2. The molecule has 1 unspecified atom stereocenters. The molecule has 4 N–H and O–H groups in total. The summed E-state index contributed by atoms with van der Waals surface area (Å²) >= 11 is 0. The Kier molecular flexibility index (Phi) is 2.91. The van der Waals surface area contributed by atoms with E-state index in [0.717, 1.165) is 12.1 Å². The van der Waals surface area contributed by atoms with E-state index in [4.69, 9.17) is 5.73 Å². The minimum absolute atomic E-state index is 0.0304. The maximum Gasteiger partial charge on any atom is 0.0458 e. The second-order valence-electron chi connectivity index (χ2n) is 5.20. The molecule has 3 nitrogen and oxygen atoms in total. The predicted octanol–water partition coefficient (Wildman–Crippen LogP) is 3.36. The van der Waals surface area contributed by atoms with Crippen molar-refractivity contribution in [1.29, 1.82) is 0 Å². The Morgan fingerprint density at radius 3 is 2.74 bits per heavy atom. The van der Waals surface area contributed by atoms with Crippen LogP contribution in [0.25, 0.3) is 10.9 Å². The number of aryl methyl sites for hydroxylation is 2. The molecule has 3 heteroatoms. The number of aromatic nitrogens is 2. The van der Waals surface area contributed by atoms with E-state index in [1.165, 1.54) is 27.7 Å². The van der Waals surface area contributed by atoms with Gasteiger partial charge in [0.25, 0.3) is 0 Å². The van der Waals surface area contributed by atoms with Gasteiger partial charge in [0.15, 0.2) is 0 Å². The number of benzene rings is 1. The Hall–Kier alpha value is -2.00. The van der Waals surface area contributed by atoms with Crippen molar-refractivity contribution in [3.8, 4) is 0 Å². The molecule has 0 aliphatic heterocycles. The fraction of sp³-hybridized carbons (Fsp3) is 0.250. The Labute approximate surface area is 112 Å². The largest absolute Gasteiger partial charge is 0.365 e. The molecular weight excluding hydrogens is 234 g/mol. The lowest BCUT2D eigenvalue weighted by Gasteiger charge is -2.10. The molecule has 19 heavy (non-hydrogen) atoms. The highest BCUT2D eigenvalue weighted by Gasteiger charge is 2.14. The average molecular weight is 253 g/mol. The molecule has 2 heterocycles. The number of hydrogen-bond acceptors (Lipinski definition) is 1. The molecular formula is C16H19N3. The number of para-hydroxylation sites is 1. The third-order valence-corrected chi connectivity index (χ3v) is 3.73. The number of aromatic amines is 2. The minimum atomic E-state index is 0.0304. The van der Waals surface area contributed by atoms with Crippen molar-refractivity contribution >= 4 is 10.9 Å². The second kappa shape index (κ2) is 4.59. The van der Waals surface area contributed by atoms with Crippen LogP contribution >= 0.6 is 0 Å². The van der Waals surface area contributed by atoms with Crippen LogP contribution in [0.1, 0.15) is 28.6 Å². The molecule has 0 aliphatic carbocycles. The van der Waals surface area contributed by atoms with Crippen LogP contribution in [-0.2, 0) is 6.42 Å². The third kappa shape index (κ3) is 2.17. The summed E-state index contributed by atoms with van der Waals surface area (Å²) in [5, 5.41) is 1.28. The topological polar surface area (TPSA) is 57.6 Å². The molecule has 0 saturated heterocycles. The fourth-order valence-corrected chi connectivity index (χ4v) is 2.68. The van der Waals surface area contributed by atoms with Crippen LogP contribution in [-0.4, -0.2) is 9.97 Å². The molecule has 98 valence electrons. The Morgan fingerprint density at radius 2 is 2.00 bits per heavy atom. The number of nitrogens with two attached hydrogens (primary N) is 1. The zero-order valence-electron chi connectivity index (χ0n) is 11.3. The van der Waals surface area contributed by atoms with Crippen LogP contribution in [0.4, 0.5) is 0 Å². The molecule has 3 aromatic rings. The molecule has 0 amide bonds. The van der Waals surface area contributed by atoms with Gasteiger partial charge in [0.2, 0.25) is 0 Å². The predicted molar refractivity (Wildman–Crippen MR) is 79.2 cm³/mol. The number of fused-ring (bicyclic) bond motifs is 1. The Balaban J connectivity index is 1.95. The standard InChI is InChI=1S/C16H19N3/c1-10-7-12(9-18-10)15(17)8-14-11(2)19-16-6-4-3-5-13(14)16/h3-7,9,15,18-19H,8,17H2,1-2H3. The molecule has 2 aromatic heterocycles. The van der Waals surface area contributed by atoms with E-state index in [9.17, 15) is 0 Å². The van der Waals surface area contributed by atoms with Crippen molar-refractivity contribution in [2.75, 3.05) is 0 Å². The third-order valence-electron chi connectivity index (χ3n) is 3.73. The molecule has 0 radical (unpaired) electrons. The van der Waals surface area contributed by atoms with E-state index in [1.807, 2.05) is 13.1 Å². The SMILES string of the molecule is Cc1cc(C(N)Cc2c(C)[nH]c3ccccc23)c[nH]1. The van der Waals surface area contributed by atoms with Crippen LogP contribution in [0.2, 0.25) is 0 Å². The summed E-state index contributed by atoms with van der Waals surface area (Å²) in [5.41, 5.74) is 12.4. The lowest BCUT2D eigenvalue weighted by molar-refractivity contribution is 0.723. The summed E-state index contributed by atoms with van der Waals surface area (Å²) in [6.45, 7) is 4.16.